The van der Waals surface area contributed by atoms with Crippen LogP contribution in [0.3, 0.4) is 0 Å². The molecule has 0 aromatic carbocycles. The third kappa shape index (κ3) is 4.87. The van der Waals surface area contributed by atoms with Gasteiger partial charge in [-0.25, -0.2) is 4.79 Å². The molecule has 0 aromatic rings. The molecule has 1 saturated heterocycles. The number of nitrogens with zero attached hydrogens (tertiary/aromatic N) is 1. The van der Waals surface area contributed by atoms with E-state index in [0.717, 1.165) is 0 Å². The molecule has 0 radical (unpaired) electrons. The average molecular weight is 255 g/mol. The molecule has 1 amide bonds. The Labute approximate surface area is 108 Å². The number of ether oxygens (including phenoxy) is 2. The molecule has 1 aliphatic rings. The van der Waals surface area contributed by atoms with Crippen molar-refractivity contribution < 1.29 is 19.1 Å². The van der Waals surface area contributed by atoms with Crippen LogP contribution in [-0.2, 0) is 14.3 Å². The maximum atomic E-state index is 11.9. The first-order chi connectivity index (χ1) is 8.31. The van der Waals surface area contributed by atoms with E-state index in [1.54, 1.807) is 4.90 Å². The van der Waals surface area contributed by atoms with Gasteiger partial charge in [-0.3, -0.25) is 4.79 Å². The van der Waals surface area contributed by atoms with Gasteiger partial charge in [0.15, 0.2) is 5.78 Å². The molecule has 18 heavy (non-hydrogen) atoms. The largest absolute Gasteiger partial charge is 0.444 e. The Bertz CT molecular complexity index is 332. The molecule has 0 spiro atoms. The standard InChI is InChI=1S/C13H21NO4/c1-5-10(15)8-11-9-14(6-7-17-11)12(16)18-13(2,3)4/h5,11H,1,6-9H2,2-4H3. The summed E-state index contributed by atoms with van der Waals surface area (Å²) in [5, 5.41) is 0. The molecule has 5 heteroatoms. The molecule has 1 atom stereocenters. The molecule has 1 heterocycles. The van der Waals surface area contributed by atoms with Gasteiger partial charge in [0.2, 0.25) is 0 Å². The first-order valence-corrected chi connectivity index (χ1v) is 6.06. The minimum absolute atomic E-state index is 0.0777. The van der Waals surface area contributed by atoms with Gasteiger partial charge in [-0.15, -0.1) is 0 Å². The molecule has 0 aliphatic carbocycles. The Morgan fingerprint density at radius 1 is 1.50 bits per heavy atom. The molecule has 0 N–H and O–H groups in total. The van der Waals surface area contributed by atoms with Crippen LogP contribution in [0.1, 0.15) is 27.2 Å². The summed E-state index contributed by atoms with van der Waals surface area (Å²) in [4.78, 5) is 24.7. The molecule has 5 nitrogen and oxygen atoms in total. The highest BCUT2D eigenvalue weighted by Gasteiger charge is 2.28. The van der Waals surface area contributed by atoms with Gasteiger partial charge < -0.3 is 14.4 Å². The van der Waals surface area contributed by atoms with Crippen LogP contribution in [0, 0.1) is 0 Å². The summed E-state index contributed by atoms with van der Waals surface area (Å²) < 4.78 is 10.7. The Morgan fingerprint density at radius 3 is 2.72 bits per heavy atom. The summed E-state index contributed by atoms with van der Waals surface area (Å²) in [5.74, 6) is -0.0777. The number of amides is 1. The summed E-state index contributed by atoms with van der Waals surface area (Å²) >= 11 is 0. The molecular formula is C13H21NO4. The second kappa shape index (κ2) is 6.00. The molecule has 1 fully saturated rings. The average Bonchev–Trinajstić information content (AvgIpc) is 2.27. The lowest BCUT2D eigenvalue weighted by atomic mass is 10.1. The number of carbonyl (C=O) groups excluding carboxylic acids is 2. The van der Waals surface area contributed by atoms with Crippen molar-refractivity contribution in [1.82, 2.24) is 4.90 Å². The van der Waals surface area contributed by atoms with Crippen molar-refractivity contribution in [3.63, 3.8) is 0 Å². The van der Waals surface area contributed by atoms with Gasteiger partial charge in [0.1, 0.15) is 5.60 Å². The highest BCUT2D eigenvalue weighted by atomic mass is 16.6. The second-order valence-corrected chi connectivity index (χ2v) is 5.29. The minimum atomic E-state index is -0.512. The lowest BCUT2D eigenvalue weighted by molar-refractivity contribution is -0.119. The maximum Gasteiger partial charge on any atom is 0.410 e. The van der Waals surface area contributed by atoms with Crippen molar-refractivity contribution >= 4 is 11.9 Å². The van der Waals surface area contributed by atoms with Crippen molar-refractivity contribution in [2.45, 2.75) is 38.9 Å². The topological polar surface area (TPSA) is 55.8 Å². The van der Waals surface area contributed by atoms with Crippen molar-refractivity contribution in [2.75, 3.05) is 19.7 Å². The summed E-state index contributed by atoms with van der Waals surface area (Å²) in [6.45, 7) is 10.2. The fourth-order valence-corrected chi connectivity index (χ4v) is 1.64. The Morgan fingerprint density at radius 2 is 2.17 bits per heavy atom. The first-order valence-electron chi connectivity index (χ1n) is 6.06. The Kier molecular flexibility index (Phi) is 4.90. The summed E-state index contributed by atoms with van der Waals surface area (Å²) in [7, 11) is 0. The van der Waals surface area contributed by atoms with Crippen molar-refractivity contribution in [3.05, 3.63) is 12.7 Å². The normalized spacial score (nSPS) is 20.4. The van der Waals surface area contributed by atoms with Gasteiger partial charge in [0.25, 0.3) is 0 Å². The molecule has 1 rings (SSSR count). The number of ketones is 1. The predicted molar refractivity (Wildman–Crippen MR) is 67.4 cm³/mol. The maximum absolute atomic E-state index is 11.9. The zero-order valence-corrected chi connectivity index (χ0v) is 11.3. The summed E-state index contributed by atoms with van der Waals surface area (Å²) in [5.41, 5.74) is -0.512. The van der Waals surface area contributed by atoms with Crippen LogP contribution in [0.25, 0.3) is 0 Å². The number of hydrogen-bond acceptors (Lipinski definition) is 4. The lowest BCUT2D eigenvalue weighted by Gasteiger charge is -2.33. The van der Waals surface area contributed by atoms with E-state index in [-0.39, 0.29) is 24.4 Å². The first kappa shape index (κ1) is 14.7. The lowest BCUT2D eigenvalue weighted by Crippen LogP contribution is -2.47. The highest BCUT2D eigenvalue weighted by molar-refractivity contribution is 5.89. The number of rotatable bonds is 3. The molecular weight excluding hydrogens is 234 g/mol. The van der Waals surface area contributed by atoms with Crippen LogP contribution >= 0.6 is 0 Å². The van der Waals surface area contributed by atoms with E-state index in [4.69, 9.17) is 9.47 Å². The Balaban J connectivity index is 2.50. The molecule has 0 saturated carbocycles. The van der Waals surface area contributed by atoms with Gasteiger partial charge in [-0.1, -0.05) is 6.58 Å². The van der Waals surface area contributed by atoms with Crippen LogP contribution in [0.15, 0.2) is 12.7 Å². The van der Waals surface area contributed by atoms with E-state index in [9.17, 15) is 9.59 Å². The highest BCUT2D eigenvalue weighted by Crippen LogP contribution is 2.14. The van der Waals surface area contributed by atoms with Crippen LogP contribution in [0.5, 0.6) is 0 Å². The number of hydrogen-bond donors (Lipinski definition) is 0. The Hall–Kier alpha value is -1.36. The molecule has 1 aliphatic heterocycles. The van der Waals surface area contributed by atoms with Gasteiger partial charge >= 0.3 is 6.09 Å². The van der Waals surface area contributed by atoms with E-state index >= 15 is 0 Å². The van der Waals surface area contributed by atoms with Crippen LogP contribution in [0.2, 0.25) is 0 Å². The zero-order chi connectivity index (χ0) is 13.8. The van der Waals surface area contributed by atoms with Gasteiger partial charge in [0, 0.05) is 13.0 Å². The summed E-state index contributed by atoms with van der Waals surface area (Å²) in [6.07, 6.45) is 0.900. The number of allylic oxidation sites excluding steroid dienone is 1. The van der Waals surface area contributed by atoms with Crippen molar-refractivity contribution in [1.29, 1.82) is 0 Å². The molecule has 0 bridgehead atoms. The van der Waals surface area contributed by atoms with Crippen molar-refractivity contribution in [2.24, 2.45) is 0 Å². The zero-order valence-electron chi connectivity index (χ0n) is 11.3. The van der Waals surface area contributed by atoms with Gasteiger partial charge in [-0.2, -0.15) is 0 Å². The van der Waals surface area contributed by atoms with E-state index in [1.807, 2.05) is 20.8 Å². The van der Waals surface area contributed by atoms with E-state index in [0.29, 0.717) is 19.7 Å². The SMILES string of the molecule is C=CC(=O)CC1CN(C(=O)OC(C)(C)C)CCO1. The van der Waals surface area contributed by atoms with Crippen LogP contribution in [-0.4, -0.2) is 48.2 Å². The number of morpholine rings is 1. The van der Waals surface area contributed by atoms with Gasteiger partial charge in [0.05, 0.1) is 19.3 Å². The number of carbonyl (C=O) groups is 2. The second-order valence-electron chi connectivity index (χ2n) is 5.29. The fraction of sp³-hybridized carbons (Fsp3) is 0.692. The smallest absolute Gasteiger partial charge is 0.410 e. The summed E-state index contributed by atoms with van der Waals surface area (Å²) in [6, 6.07) is 0. The fourth-order valence-electron chi connectivity index (χ4n) is 1.64. The van der Waals surface area contributed by atoms with Crippen LogP contribution in [0.4, 0.5) is 4.79 Å². The van der Waals surface area contributed by atoms with Gasteiger partial charge in [-0.05, 0) is 26.8 Å². The van der Waals surface area contributed by atoms with E-state index in [2.05, 4.69) is 6.58 Å². The minimum Gasteiger partial charge on any atom is -0.444 e. The quantitative estimate of drug-likeness (QED) is 0.721. The third-order valence-electron chi connectivity index (χ3n) is 2.45. The molecule has 1 unspecified atom stereocenters. The predicted octanol–water partition coefficient (Wildman–Crippen LogP) is 1.77. The van der Waals surface area contributed by atoms with Crippen LogP contribution < -0.4 is 0 Å². The van der Waals surface area contributed by atoms with E-state index in [1.165, 1.54) is 6.08 Å². The van der Waals surface area contributed by atoms with Crippen molar-refractivity contribution in [3.8, 4) is 0 Å². The third-order valence-corrected chi connectivity index (χ3v) is 2.45. The molecule has 0 aromatic heterocycles. The molecule has 102 valence electrons. The van der Waals surface area contributed by atoms with E-state index < -0.39 is 5.60 Å². The monoisotopic (exact) mass is 255 g/mol.